The van der Waals surface area contributed by atoms with Gasteiger partial charge in [0.25, 0.3) is 0 Å². The number of nitrogens with one attached hydrogen (secondary N) is 2. The first-order valence-electron chi connectivity index (χ1n) is 7.19. The van der Waals surface area contributed by atoms with Crippen molar-refractivity contribution in [2.24, 2.45) is 0 Å². The van der Waals surface area contributed by atoms with E-state index in [1.165, 1.54) is 5.56 Å². The van der Waals surface area contributed by atoms with Crippen LogP contribution in [-0.4, -0.2) is 16.2 Å². The molecule has 22 heavy (non-hydrogen) atoms. The van der Waals surface area contributed by atoms with Crippen LogP contribution in [0.3, 0.4) is 0 Å². The van der Waals surface area contributed by atoms with Crippen molar-refractivity contribution in [3.63, 3.8) is 0 Å². The molecule has 1 aliphatic heterocycles. The minimum absolute atomic E-state index is 0.516. The van der Waals surface area contributed by atoms with E-state index in [2.05, 4.69) is 50.5 Å². The number of nitrogens with zero attached hydrogens (tertiary/aromatic N) is 2. The normalized spacial score (nSPS) is 13.8. The van der Waals surface area contributed by atoms with Crippen molar-refractivity contribution in [2.45, 2.75) is 6.54 Å². The predicted molar refractivity (Wildman–Crippen MR) is 89.4 cm³/mol. The molecule has 0 spiro atoms. The second-order valence-corrected chi connectivity index (χ2v) is 5.64. The molecule has 1 aromatic carbocycles. The summed E-state index contributed by atoms with van der Waals surface area (Å²) in [4.78, 5) is 4.44. The van der Waals surface area contributed by atoms with Crippen LogP contribution in [-0.2, 0) is 6.54 Å². The summed E-state index contributed by atoms with van der Waals surface area (Å²) in [6.07, 6.45) is 2.00. The number of benzene rings is 1. The molecule has 0 atom stereocenters. The van der Waals surface area contributed by atoms with Crippen LogP contribution in [0.4, 0.5) is 0 Å². The molecule has 2 N–H and O–H groups in total. The average Bonchev–Trinajstić information content (AvgIpc) is 3.16. The molecular weight excluding hydrogens is 296 g/mol. The van der Waals surface area contributed by atoms with Crippen molar-refractivity contribution < 1.29 is 0 Å². The quantitative estimate of drug-likeness (QED) is 0.730. The van der Waals surface area contributed by atoms with Gasteiger partial charge >= 0.3 is 0 Å². The first kappa shape index (κ1) is 13.2. The zero-order valence-corrected chi connectivity index (χ0v) is 12.6. The van der Waals surface area contributed by atoms with Crippen molar-refractivity contribution in [2.75, 3.05) is 6.67 Å². The third-order valence-electron chi connectivity index (χ3n) is 3.81. The smallest absolute Gasteiger partial charge is 0.129 e. The van der Waals surface area contributed by atoms with E-state index in [0.717, 1.165) is 35.6 Å². The van der Waals surface area contributed by atoms with Crippen molar-refractivity contribution in [1.82, 2.24) is 20.2 Å². The first-order chi connectivity index (χ1) is 10.8. The lowest BCUT2D eigenvalue weighted by atomic mass is 10.2. The van der Waals surface area contributed by atoms with Crippen molar-refractivity contribution in [3.05, 3.63) is 71.1 Å². The van der Waals surface area contributed by atoms with Gasteiger partial charge in [-0.05, 0) is 23.8 Å². The molecule has 0 bridgehead atoms. The highest BCUT2D eigenvalue weighted by atomic mass is 35.5. The molecule has 2 aromatic heterocycles. The summed E-state index contributed by atoms with van der Waals surface area (Å²) < 4.78 is 2.26. The molecule has 3 heterocycles. The summed E-state index contributed by atoms with van der Waals surface area (Å²) in [6.45, 7) is 1.54. The second kappa shape index (κ2) is 5.39. The highest BCUT2D eigenvalue weighted by Crippen LogP contribution is 2.26. The molecule has 0 fully saturated rings. The van der Waals surface area contributed by atoms with Crippen LogP contribution in [0, 0.1) is 0 Å². The third kappa shape index (κ3) is 2.31. The Hall–Kier alpha value is -2.46. The fourth-order valence-corrected chi connectivity index (χ4v) is 2.94. The Bertz CT molecular complexity index is 852. The zero-order chi connectivity index (χ0) is 14.9. The van der Waals surface area contributed by atoms with E-state index in [1.54, 1.807) is 0 Å². The van der Waals surface area contributed by atoms with Crippen molar-refractivity contribution >= 4 is 28.3 Å². The summed E-state index contributed by atoms with van der Waals surface area (Å²) in [6, 6.07) is 16.4. The van der Waals surface area contributed by atoms with Gasteiger partial charge in [0.05, 0.1) is 29.1 Å². The molecule has 110 valence electrons. The highest BCUT2D eigenvalue weighted by molar-refractivity contribution is 6.29. The second-order valence-electron chi connectivity index (χ2n) is 5.26. The molecule has 4 nitrogen and oxygen atoms in total. The van der Waals surface area contributed by atoms with Gasteiger partial charge in [-0.15, -0.1) is 0 Å². The fourth-order valence-electron chi connectivity index (χ4n) is 2.79. The van der Waals surface area contributed by atoms with E-state index >= 15 is 0 Å². The van der Waals surface area contributed by atoms with E-state index in [4.69, 9.17) is 11.6 Å². The Morgan fingerprint density at radius 1 is 1.14 bits per heavy atom. The number of fused-ring (bicyclic) bond motifs is 1. The maximum atomic E-state index is 6.04. The van der Waals surface area contributed by atoms with E-state index in [-0.39, 0.29) is 0 Å². The molecule has 0 saturated heterocycles. The molecule has 1 aliphatic rings. The molecule has 3 aromatic rings. The van der Waals surface area contributed by atoms with Crippen LogP contribution in [0.2, 0.25) is 5.15 Å². The minimum Gasteiger partial charge on any atom is -0.372 e. The Morgan fingerprint density at radius 2 is 2.00 bits per heavy atom. The van der Waals surface area contributed by atoms with Crippen LogP contribution >= 0.6 is 11.6 Å². The molecule has 0 aliphatic carbocycles. The SMILES string of the molecule is Clc1ccc2c(cc(C3=CNCN3)n2Cc2ccccc2)n1. The van der Waals surface area contributed by atoms with Crippen LogP contribution < -0.4 is 10.6 Å². The topological polar surface area (TPSA) is 41.9 Å². The summed E-state index contributed by atoms with van der Waals surface area (Å²) in [7, 11) is 0. The lowest BCUT2D eigenvalue weighted by Gasteiger charge is -2.11. The highest BCUT2D eigenvalue weighted by Gasteiger charge is 2.16. The summed E-state index contributed by atoms with van der Waals surface area (Å²) in [5.41, 5.74) is 5.43. The van der Waals surface area contributed by atoms with Gasteiger partial charge in [0.1, 0.15) is 5.15 Å². The number of hydrogen-bond donors (Lipinski definition) is 2. The van der Waals surface area contributed by atoms with E-state index < -0.39 is 0 Å². The van der Waals surface area contributed by atoms with Gasteiger partial charge in [-0.1, -0.05) is 41.9 Å². The Morgan fingerprint density at radius 3 is 2.77 bits per heavy atom. The van der Waals surface area contributed by atoms with Gasteiger partial charge < -0.3 is 15.2 Å². The molecule has 0 saturated carbocycles. The molecule has 4 rings (SSSR count). The molecule has 0 unspecified atom stereocenters. The van der Waals surface area contributed by atoms with Gasteiger partial charge in [0.2, 0.25) is 0 Å². The molecule has 0 amide bonds. The Kier molecular flexibility index (Phi) is 3.24. The number of aromatic nitrogens is 2. The van der Waals surface area contributed by atoms with Gasteiger partial charge in [0, 0.05) is 12.7 Å². The predicted octanol–water partition coefficient (Wildman–Crippen LogP) is 3.19. The standard InChI is InChI=1S/C17H15ClN4/c18-17-7-6-15-13(21-17)8-16(14-9-19-11-20-14)22(15)10-12-4-2-1-3-5-12/h1-9,19-20H,10-11H2. The Labute approximate surface area is 133 Å². The third-order valence-corrected chi connectivity index (χ3v) is 4.02. The monoisotopic (exact) mass is 310 g/mol. The molecule has 5 heteroatoms. The van der Waals surface area contributed by atoms with Gasteiger partial charge in [-0.25, -0.2) is 4.98 Å². The van der Waals surface area contributed by atoms with E-state index in [0.29, 0.717) is 5.15 Å². The van der Waals surface area contributed by atoms with Gasteiger partial charge in [-0.3, -0.25) is 0 Å². The number of pyridine rings is 1. The molecular formula is C17H15ClN4. The number of hydrogen-bond acceptors (Lipinski definition) is 3. The van der Waals surface area contributed by atoms with Crippen LogP contribution in [0.5, 0.6) is 0 Å². The van der Waals surface area contributed by atoms with E-state index in [9.17, 15) is 0 Å². The van der Waals surface area contributed by atoms with Crippen LogP contribution in [0.25, 0.3) is 16.7 Å². The van der Waals surface area contributed by atoms with Crippen molar-refractivity contribution in [3.8, 4) is 0 Å². The fraction of sp³-hybridized carbons (Fsp3) is 0.118. The van der Waals surface area contributed by atoms with Gasteiger partial charge in [-0.2, -0.15) is 0 Å². The lowest BCUT2D eigenvalue weighted by Crippen LogP contribution is -2.15. The van der Waals surface area contributed by atoms with Gasteiger partial charge in [0.15, 0.2) is 0 Å². The maximum absolute atomic E-state index is 6.04. The minimum atomic E-state index is 0.516. The molecule has 0 radical (unpaired) electrons. The van der Waals surface area contributed by atoms with Crippen LogP contribution in [0.15, 0.2) is 54.7 Å². The summed E-state index contributed by atoms with van der Waals surface area (Å²) >= 11 is 6.04. The van der Waals surface area contributed by atoms with Crippen molar-refractivity contribution in [1.29, 1.82) is 0 Å². The largest absolute Gasteiger partial charge is 0.372 e. The lowest BCUT2D eigenvalue weighted by molar-refractivity contribution is 0.801. The van der Waals surface area contributed by atoms with Crippen LogP contribution in [0.1, 0.15) is 11.3 Å². The van der Waals surface area contributed by atoms with E-state index in [1.807, 2.05) is 24.4 Å². The number of halogens is 1. The summed E-state index contributed by atoms with van der Waals surface area (Å²) in [5.74, 6) is 0. The average molecular weight is 311 g/mol. The number of rotatable bonds is 3. The summed E-state index contributed by atoms with van der Waals surface area (Å²) in [5, 5.41) is 7.04. The first-order valence-corrected chi connectivity index (χ1v) is 7.56. The Balaban J connectivity index is 1.87. The zero-order valence-electron chi connectivity index (χ0n) is 11.9. The maximum Gasteiger partial charge on any atom is 0.129 e.